The Morgan fingerprint density at radius 2 is 1.70 bits per heavy atom. The number of benzene rings is 2. The van der Waals surface area contributed by atoms with Crippen molar-refractivity contribution in [1.82, 2.24) is 10.2 Å². The van der Waals surface area contributed by atoms with E-state index in [0.29, 0.717) is 0 Å². The minimum Gasteiger partial charge on any atom is -0.497 e. The van der Waals surface area contributed by atoms with Gasteiger partial charge in [-0.15, -0.1) is 0 Å². The van der Waals surface area contributed by atoms with E-state index in [-0.39, 0.29) is 11.3 Å². The molecule has 1 N–H and O–H groups in total. The fourth-order valence-electron chi connectivity index (χ4n) is 4.14. The van der Waals surface area contributed by atoms with Gasteiger partial charge in [0.1, 0.15) is 5.75 Å². The number of ether oxygens (including phenoxy) is 1. The van der Waals surface area contributed by atoms with Crippen molar-refractivity contribution in [2.45, 2.75) is 32.1 Å². The van der Waals surface area contributed by atoms with Crippen LogP contribution in [0.3, 0.4) is 0 Å². The Morgan fingerprint density at radius 3 is 2.30 bits per heavy atom. The summed E-state index contributed by atoms with van der Waals surface area (Å²) in [4.78, 5) is 14.5. The zero-order valence-corrected chi connectivity index (χ0v) is 16.6. The van der Waals surface area contributed by atoms with Crippen molar-refractivity contribution in [2.75, 3.05) is 33.3 Å². The van der Waals surface area contributed by atoms with Crippen LogP contribution in [0, 0.1) is 0 Å². The minimum absolute atomic E-state index is 0.0451. The summed E-state index contributed by atoms with van der Waals surface area (Å²) in [6, 6.07) is 16.7. The first kappa shape index (κ1) is 19.4. The summed E-state index contributed by atoms with van der Waals surface area (Å²) in [5, 5.41) is 3.48. The third-order valence-electron chi connectivity index (χ3n) is 5.81. The van der Waals surface area contributed by atoms with E-state index >= 15 is 0 Å². The molecule has 1 aliphatic rings. The predicted octanol–water partition coefficient (Wildman–Crippen LogP) is 3.85. The summed E-state index contributed by atoms with van der Waals surface area (Å²) >= 11 is 0. The summed E-state index contributed by atoms with van der Waals surface area (Å²) in [5.74, 6) is 0.992. The average molecular weight is 367 g/mol. The van der Waals surface area contributed by atoms with Crippen LogP contribution in [-0.2, 0) is 5.41 Å². The van der Waals surface area contributed by atoms with Gasteiger partial charge in [0.15, 0.2) is 0 Å². The molecule has 3 rings (SSSR count). The van der Waals surface area contributed by atoms with Crippen molar-refractivity contribution in [3.8, 4) is 5.75 Å². The van der Waals surface area contributed by atoms with Crippen molar-refractivity contribution in [3.05, 3.63) is 65.2 Å². The Kier molecular flexibility index (Phi) is 6.17. The van der Waals surface area contributed by atoms with Crippen LogP contribution in [0.15, 0.2) is 48.5 Å². The number of amides is 1. The lowest BCUT2D eigenvalue weighted by Crippen LogP contribution is -2.40. The van der Waals surface area contributed by atoms with Crippen LogP contribution in [0.1, 0.15) is 48.2 Å². The van der Waals surface area contributed by atoms with Gasteiger partial charge in [-0.2, -0.15) is 0 Å². The number of carbonyl (C=O) groups is 1. The number of rotatable bonds is 6. The molecule has 1 saturated heterocycles. The molecule has 0 radical (unpaired) electrons. The molecule has 2 aromatic rings. The molecule has 0 unspecified atom stereocenters. The van der Waals surface area contributed by atoms with Crippen molar-refractivity contribution in [2.24, 2.45) is 0 Å². The summed E-state index contributed by atoms with van der Waals surface area (Å²) in [6.45, 7) is 7.47. The van der Waals surface area contributed by atoms with Crippen LogP contribution in [-0.4, -0.2) is 44.1 Å². The van der Waals surface area contributed by atoms with E-state index in [1.807, 2.05) is 36.9 Å². The molecule has 1 amide bonds. The fourth-order valence-corrected chi connectivity index (χ4v) is 4.14. The highest BCUT2D eigenvalue weighted by Crippen LogP contribution is 2.41. The number of piperidine rings is 1. The second kappa shape index (κ2) is 8.57. The first-order valence-corrected chi connectivity index (χ1v) is 9.89. The van der Waals surface area contributed by atoms with E-state index in [2.05, 4.69) is 35.6 Å². The van der Waals surface area contributed by atoms with E-state index in [1.165, 1.54) is 11.1 Å². The third-order valence-corrected chi connectivity index (χ3v) is 5.81. The molecular formula is C23H30N2O2. The van der Waals surface area contributed by atoms with Gasteiger partial charge in [-0.25, -0.2) is 0 Å². The maximum absolute atomic E-state index is 12.6. The predicted molar refractivity (Wildman–Crippen MR) is 110 cm³/mol. The standard InChI is InChI=1S/C23H30N2O2/c1-4-25(5-2)22(26)18-9-11-19(12-10-18)23(13-15-24-16-14-23)20-7-6-8-21(17-20)27-3/h6-12,17,24H,4-5,13-16H2,1-3H3. The van der Waals surface area contributed by atoms with Crippen molar-refractivity contribution in [1.29, 1.82) is 0 Å². The van der Waals surface area contributed by atoms with E-state index in [4.69, 9.17) is 4.74 Å². The number of methoxy groups -OCH3 is 1. The molecule has 0 aromatic heterocycles. The largest absolute Gasteiger partial charge is 0.497 e. The van der Waals surface area contributed by atoms with Crippen LogP contribution in [0.25, 0.3) is 0 Å². The molecule has 0 atom stereocenters. The van der Waals surface area contributed by atoms with Gasteiger partial charge in [-0.1, -0.05) is 24.3 Å². The van der Waals surface area contributed by atoms with Gasteiger partial charge in [0.05, 0.1) is 7.11 Å². The summed E-state index contributed by atoms with van der Waals surface area (Å²) in [6.07, 6.45) is 2.06. The van der Waals surface area contributed by atoms with Crippen LogP contribution in [0.5, 0.6) is 5.75 Å². The van der Waals surface area contributed by atoms with Gasteiger partial charge < -0.3 is 15.0 Å². The first-order chi connectivity index (χ1) is 13.1. The molecule has 0 spiro atoms. The zero-order chi connectivity index (χ0) is 19.3. The lowest BCUT2D eigenvalue weighted by Gasteiger charge is -2.39. The van der Waals surface area contributed by atoms with Gasteiger partial charge in [0.25, 0.3) is 5.91 Å². The van der Waals surface area contributed by atoms with Gasteiger partial charge in [0, 0.05) is 24.1 Å². The first-order valence-electron chi connectivity index (χ1n) is 9.89. The maximum Gasteiger partial charge on any atom is 0.253 e. The molecule has 0 bridgehead atoms. The van der Waals surface area contributed by atoms with Crippen LogP contribution in [0.4, 0.5) is 0 Å². The topological polar surface area (TPSA) is 41.6 Å². The summed E-state index contributed by atoms with van der Waals surface area (Å²) in [5.41, 5.74) is 3.27. The van der Waals surface area contributed by atoms with Gasteiger partial charge >= 0.3 is 0 Å². The molecule has 1 aliphatic heterocycles. The Hall–Kier alpha value is -2.33. The van der Waals surface area contributed by atoms with Crippen LogP contribution >= 0.6 is 0 Å². The molecule has 2 aromatic carbocycles. The normalized spacial score (nSPS) is 16.0. The number of nitrogens with one attached hydrogen (secondary N) is 1. The lowest BCUT2D eigenvalue weighted by molar-refractivity contribution is 0.0773. The number of hydrogen-bond acceptors (Lipinski definition) is 3. The number of carbonyl (C=O) groups excluding carboxylic acids is 1. The van der Waals surface area contributed by atoms with E-state index < -0.39 is 0 Å². The molecule has 0 aliphatic carbocycles. The van der Waals surface area contributed by atoms with Crippen molar-refractivity contribution >= 4 is 5.91 Å². The van der Waals surface area contributed by atoms with Gasteiger partial charge in [-0.3, -0.25) is 4.79 Å². The minimum atomic E-state index is -0.0451. The highest BCUT2D eigenvalue weighted by Gasteiger charge is 2.36. The second-order valence-corrected chi connectivity index (χ2v) is 7.12. The molecule has 4 nitrogen and oxygen atoms in total. The molecule has 1 fully saturated rings. The lowest BCUT2D eigenvalue weighted by atomic mass is 9.68. The van der Waals surface area contributed by atoms with Gasteiger partial charge in [0.2, 0.25) is 0 Å². The van der Waals surface area contributed by atoms with Crippen molar-refractivity contribution in [3.63, 3.8) is 0 Å². The Labute approximate surface area is 162 Å². The Balaban J connectivity index is 1.97. The molecule has 27 heavy (non-hydrogen) atoms. The third kappa shape index (κ3) is 3.86. The fraction of sp³-hybridized carbons (Fsp3) is 0.435. The maximum atomic E-state index is 12.6. The highest BCUT2D eigenvalue weighted by molar-refractivity contribution is 5.94. The zero-order valence-electron chi connectivity index (χ0n) is 16.6. The number of nitrogens with zero attached hydrogens (tertiary/aromatic N) is 1. The van der Waals surface area contributed by atoms with E-state index in [9.17, 15) is 4.79 Å². The van der Waals surface area contributed by atoms with Crippen molar-refractivity contribution < 1.29 is 9.53 Å². The Bertz CT molecular complexity index is 760. The van der Waals surface area contributed by atoms with E-state index in [0.717, 1.165) is 50.3 Å². The molecule has 0 saturated carbocycles. The monoisotopic (exact) mass is 366 g/mol. The molecule has 4 heteroatoms. The quantitative estimate of drug-likeness (QED) is 0.844. The molecule has 1 heterocycles. The molecule has 144 valence electrons. The SMILES string of the molecule is CCN(CC)C(=O)c1ccc(C2(c3cccc(OC)c3)CCNCC2)cc1. The number of hydrogen-bond donors (Lipinski definition) is 1. The Morgan fingerprint density at radius 1 is 1.04 bits per heavy atom. The summed E-state index contributed by atoms with van der Waals surface area (Å²) < 4.78 is 5.46. The average Bonchev–Trinajstić information content (AvgIpc) is 2.75. The van der Waals surface area contributed by atoms with Gasteiger partial charge in [-0.05, 0) is 75.2 Å². The smallest absolute Gasteiger partial charge is 0.253 e. The summed E-state index contributed by atoms with van der Waals surface area (Å²) in [7, 11) is 1.71. The van der Waals surface area contributed by atoms with E-state index in [1.54, 1.807) is 7.11 Å². The van der Waals surface area contributed by atoms with Crippen LogP contribution < -0.4 is 10.1 Å². The second-order valence-electron chi connectivity index (χ2n) is 7.12. The van der Waals surface area contributed by atoms with Crippen LogP contribution in [0.2, 0.25) is 0 Å². The molecular weight excluding hydrogens is 336 g/mol. The highest BCUT2D eigenvalue weighted by atomic mass is 16.5.